The van der Waals surface area contributed by atoms with Crippen LogP contribution in [0.25, 0.3) is 5.69 Å². The molecular weight excluding hydrogens is 356 g/mol. The molecule has 7 nitrogen and oxygen atoms in total. The zero-order chi connectivity index (χ0) is 19.9. The van der Waals surface area contributed by atoms with Crippen LogP contribution in [0.4, 0.5) is 0 Å². The molecule has 0 aliphatic rings. The second kappa shape index (κ2) is 8.85. The topological polar surface area (TPSA) is 76.5 Å². The summed E-state index contributed by atoms with van der Waals surface area (Å²) in [6, 6.07) is 16.6. The monoisotopic (exact) mass is 378 g/mol. The molecule has 0 saturated heterocycles. The molecule has 2 aromatic carbocycles. The van der Waals surface area contributed by atoms with E-state index in [-0.39, 0.29) is 18.4 Å². The maximum atomic E-state index is 12.4. The van der Waals surface area contributed by atoms with Crippen LogP contribution in [0, 0.1) is 0 Å². The van der Waals surface area contributed by atoms with Gasteiger partial charge in [-0.05, 0) is 24.3 Å². The van der Waals surface area contributed by atoms with E-state index >= 15 is 0 Å². The van der Waals surface area contributed by atoms with Crippen molar-refractivity contribution < 1.29 is 14.3 Å². The first-order valence-electron chi connectivity index (χ1n) is 8.82. The van der Waals surface area contributed by atoms with Crippen molar-refractivity contribution in [2.75, 3.05) is 20.7 Å². The Balaban J connectivity index is 1.55. The van der Waals surface area contributed by atoms with Gasteiger partial charge >= 0.3 is 0 Å². The second-order valence-electron chi connectivity index (χ2n) is 6.26. The van der Waals surface area contributed by atoms with E-state index in [4.69, 9.17) is 4.74 Å². The van der Waals surface area contributed by atoms with Gasteiger partial charge in [-0.1, -0.05) is 30.3 Å². The molecule has 7 heteroatoms. The van der Waals surface area contributed by atoms with E-state index in [1.807, 2.05) is 36.5 Å². The number of nitrogens with one attached hydrogen (secondary N) is 1. The third kappa shape index (κ3) is 4.56. The van der Waals surface area contributed by atoms with E-state index in [0.717, 1.165) is 11.3 Å². The summed E-state index contributed by atoms with van der Waals surface area (Å²) in [5.74, 6) is -0.0825. The van der Waals surface area contributed by atoms with E-state index in [1.54, 1.807) is 47.1 Å². The first-order chi connectivity index (χ1) is 13.6. The number of hydrogen-bond donors (Lipinski definition) is 1. The molecule has 1 heterocycles. The van der Waals surface area contributed by atoms with Crippen LogP contribution in [-0.4, -0.2) is 47.2 Å². The molecule has 1 N–H and O–H groups in total. The fourth-order valence-electron chi connectivity index (χ4n) is 2.74. The number of carbonyl (C=O) groups excluding carboxylic acids is 2. The number of rotatable bonds is 7. The highest BCUT2D eigenvalue weighted by Gasteiger charge is 2.15. The molecular formula is C21H22N4O3. The van der Waals surface area contributed by atoms with Gasteiger partial charge in [0.2, 0.25) is 5.91 Å². The smallest absolute Gasteiger partial charge is 0.255 e. The van der Waals surface area contributed by atoms with E-state index in [2.05, 4.69) is 10.4 Å². The molecule has 1 aromatic heterocycles. The lowest BCUT2D eigenvalue weighted by Gasteiger charge is -2.17. The predicted octanol–water partition coefficient (Wildman–Crippen LogP) is 2.27. The quantitative estimate of drug-likeness (QED) is 0.684. The average Bonchev–Trinajstić information content (AvgIpc) is 3.20. The van der Waals surface area contributed by atoms with Gasteiger partial charge in [-0.2, -0.15) is 5.10 Å². The van der Waals surface area contributed by atoms with Gasteiger partial charge in [0, 0.05) is 25.4 Å². The lowest BCUT2D eigenvalue weighted by atomic mass is 10.2. The maximum Gasteiger partial charge on any atom is 0.255 e. The number of para-hydroxylation sites is 2. The molecule has 0 bridgehead atoms. The van der Waals surface area contributed by atoms with Crippen LogP contribution in [0.3, 0.4) is 0 Å². The predicted molar refractivity (Wildman–Crippen MR) is 105 cm³/mol. The van der Waals surface area contributed by atoms with E-state index < -0.39 is 0 Å². The van der Waals surface area contributed by atoms with Crippen molar-refractivity contribution in [1.82, 2.24) is 20.0 Å². The lowest BCUT2D eigenvalue weighted by molar-refractivity contribution is -0.129. The van der Waals surface area contributed by atoms with E-state index in [9.17, 15) is 9.59 Å². The van der Waals surface area contributed by atoms with Gasteiger partial charge in [-0.15, -0.1) is 0 Å². The van der Waals surface area contributed by atoms with Crippen LogP contribution in [0.5, 0.6) is 5.75 Å². The van der Waals surface area contributed by atoms with Crippen molar-refractivity contribution in [3.8, 4) is 11.4 Å². The first kappa shape index (κ1) is 19.2. The molecule has 0 radical (unpaired) electrons. The Labute approximate surface area is 163 Å². The van der Waals surface area contributed by atoms with Crippen molar-refractivity contribution in [2.24, 2.45) is 0 Å². The average molecular weight is 378 g/mol. The molecule has 3 rings (SSSR count). The van der Waals surface area contributed by atoms with Crippen molar-refractivity contribution in [1.29, 1.82) is 0 Å². The Morgan fingerprint density at radius 3 is 2.57 bits per heavy atom. The SMILES string of the molecule is COc1ccccc1C(=O)NCC(=O)N(C)Cc1cnn(-c2ccccc2)c1. The van der Waals surface area contributed by atoms with Crippen LogP contribution in [0.1, 0.15) is 15.9 Å². The van der Waals surface area contributed by atoms with Gasteiger partial charge in [-0.25, -0.2) is 4.68 Å². The van der Waals surface area contributed by atoms with Gasteiger partial charge in [-0.3, -0.25) is 9.59 Å². The fraction of sp³-hybridized carbons (Fsp3) is 0.190. The molecule has 0 aliphatic heterocycles. The molecule has 2 amide bonds. The minimum Gasteiger partial charge on any atom is -0.496 e. The third-order valence-corrected chi connectivity index (χ3v) is 4.25. The highest BCUT2D eigenvalue weighted by Crippen LogP contribution is 2.16. The Morgan fingerprint density at radius 2 is 1.82 bits per heavy atom. The molecule has 0 saturated carbocycles. The molecule has 144 valence electrons. The highest BCUT2D eigenvalue weighted by molar-refractivity contribution is 5.98. The summed E-state index contributed by atoms with van der Waals surface area (Å²) < 4.78 is 6.93. The lowest BCUT2D eigenvalue weighted by Crippen LogP contribution is -2.37. The van der Waals surface area contributed by atoms with Crippen LogP contribution in [0.15, 0.2) is 67.0 Å². The van der Waals surface area contributed by atoms with Gasteiger partial charge < -0.3 is 15.0 Å². The Kier molecular flexibility index (Phi) is 6.06. The highest BCUT2D eigenvalue weighted by atomic mass is 16.5. The molecule has 3 aromatic rings. The fourth-order valence-corrected chi connectivity index (χ4v) is 2.74. The molecule has 0 fully saturated rings. The first-order valence-corrected chi connectivity index (χ1v) is 8.82. The summed E-state index contributed by atoms with van der Waals surface area (Å²) in [6.07, 6.45) is 3.61. The standard InChI is InChI=1S/C21H22N4O3/c1-24(14-16-12-23-25(15-16)17-8-4-3-5-9-17)20(26)13-22-21(27)18-10-6-7-11-19(18)28-2/h3-12,15H,13-14H2,1-2H3,(H,22,27). The maximum absolute atomic E-state index is 12.4. The number of amides is 2. The van der Waals surface area contributed by atoms with Crippen molar-refractivity contribution in [2.45, 2.75) is 6.54 Å². The normalized spacial score (nSPS) is 10.4. The summed E-state index contributed by atoms with van der Waals surface area (Å²) in [5, 5.41) is 6.97. The molecule has 0 atom stereocenters. The summed E-state index contributed by atoms with van der Waals surface area (Å²) in [6.45, 7) is 0.302. The number of likely N-dealkylation sites (N-methyl/N-ethyl adjacent to an activating group) is 1. The van der Waals surface area contributed by atoms with E-state index in [1.165, 1.54) is 7.11 Å². The molecule has 0 spiro atoms. The van der Waals surface area contributed by atoms with Crippen LogP contribution < -0.4 is 10.1 Å². The number of hydrogen-bond acceptors (Lipinski definition) is 4. The Hall–Kier alpha value is -3.61. The zero-order valence-corrected chi connectivity index (χ0v) is 15.8. The second-order valence-corrected chi connectivity index (χ2v) is 6.26. The van der Waals surface area contributed by atoms with Crippen molar-refractivity contribution in [3.05, 3.63) is 78.1 Å². The van der Waals surface area contributed by atoms with Gasteiger partial charge in [0.25, 0.3) is 5.91 Å². The number of methoxy groups -OCH3 is 1. The Morgan fingerprint density at radius 1 is 1.11 bits per heavy atom. The van der Waals surface area contributed by atoms with Crippen LogP contribution in [-0.2, 0) is 11.3 Å². The zero-order valence-electron chi connectivity index (χ0n) is 15.8. The van der Waals surface area contributed by atoms with Crippen molar-refractivity contribution in [3.63, 3.8) is 0 Å². The minimum atomic E-state index is -0.351. The van der Waals surface area contributed by atoms with Gasteiger partial charge in [0.05, 0.1) is 31.1 Å². The van der Waals surface area contributed by atoms with E-state index in [0.29, 0.717) is 17.9 Å². The number of benzene rings is 2. The Bertz CT molecular complexity index is 953. The number of aromatic nitrogens is 2. The summed E-state index contributed by atoms with van der Waals surface area (Å²) in [5.41, 5.74) is 2.24. The minimum absolute atomic E-state index is 0.0970. The summed E-state index contributed by atoms with van der Waals surface area (Å²) in [4.78, 5) is 26.2. The largest absolute Gasteiger partial charge is 0.496 e. The molecule has 28 heavy (non-hydrogen) atoms. The van der Waals surface area contributed by atoms with Crippen LogP contribution in [0.2, 0.25) is 0 Å². The summed E-state index contributed by atoms with van der Waals surface area (Å²) in [7, 11) is 3.19. The number of nitrogens with zero attached hydrogens (tertiary/aromatic N) is 3. The van der Waals surface area contributed by atoms with Crippen molar-refractivity contribution >= 4 is 11.8 Å². The molecule has 0 unspecified atom stereocenters. The van der Waals surface area contributed by atoms with Gasteiger partial charge in [0.1, 0.15) is 5.75 Å². The number of ether oxygens (including phenoxy) is 1. The van der Waals surface area contributed by atoms with Crippen LogP contribution >= 0.6 is 0 Å². The van der Waals surface area contributed by atoms with Gasteiger partial charge in [0.15, 0.2) is 0 Å². The summed E-state index contributed by atoms with van der Waals surface area (Å²) >= 11 is 0. The number of carbonyl (C=O) groups is 2. The third-order valence-electron chi connectivity index (χ3n) is 4.25. The molecule has 0 aliphatic carbocycles.